The van der Waals surface area contributed by atoms with Crippen LogP contribution in [0.5, 0.6) is 0 Å². The van der Waals surface area contributed by atoms with Crippen molar-refractivity contribution in [1.82, 2.24) is 20.2 Å². The predicted octanol–water partition coefficient (Wildman–Crippen LogP) is 3.66. The molecule has 0 aliphatic carbocycles. The lowest BCUT2D eigenvalue weighted by Gasteiger charge is -2.29. The molecule has 3 heterocycles. The summed E-state index contributed by atoms with van der Waals surface area (Å²) in [5.41, 5.74) is 0.549. The average molecular weight is 394 g/mol. The molecule has 0 saturated carbocycles. The lowest BCUT2D eigenvalue weighted by atomic mass is 10.0. The summed E-state index contributed by atoms with van der Waals surface area (Å²) in [4.78, 5) is 21.2. The van der Waals surface area contributed by atoms with Gasteiger partial charge in [0.2, 0.25) is 11.0 Å². The van der Waals surface area contributed by atoms with E-state index in [0.717, 1.165) is 22.9 Å². The van der Waals surface area contributed by atoms with Crippen molar-refractivity contribution in [3.8, 4) is 0 Å². The number of nitrogens with one attached hydrogen (secondary N) is 3. The van der Waals surface area contributed by atoms with Gasteiger partial charge < -0.3 is 16.0 Å². The fourth-order valence-corrected chi connectivity index (χ4v) is 4.40. The molecular formula is C16H23N7OS2. The van der Waals surface area contributed by atoms with E-state index in [9.17, 15) is 4.79 Å². The quantitative estimate of drug-likeness (QED) is 0.483. The first-order valence-electron chi connectivity index (χ1n) is 8.67. The van der Waals surface area contributed by atoms with E-state index in [1.165, 1.54) is 11.3 Å². The number of nitrogens with zero attached hydrogens (tertiary/aromatic N) is 4. The minimum Gasteiger partial charge on any atom is -0.356 e. The Morgan fingerprint density at radius 3 is 2.85 bits per heavy atom. The number of rotatable bonds is 7. The van der Waals surface area contributed by atoms with Gasteiger partial charge >= 0.3 is 0 Å². The second-order valence-corrected chi connectivity index (χ2v) is 8.72. The SMILES string of the molecule is CCCCSc1nnc(Nc2nc(C)nc3c2NC(=O)C(C(C)C)N3)s1. The first kappa shape index (κ1) is 18.8. The van der Waals surface area contributed by atoms with Crippen LogP contribution in [0.1, 0.15) is 39.4 Å². The Morgan fingerprint density at radius 2 is 2.12 bits per heavy atom. The lowest BCUT2D eigenvalue weighted by molar-refractivity contribution is -0.117. The zero-order valence-corrected chi connectivity index (χ0v) is 16.9. The van der Waals surface area contributed by atoms with Crippen molar-refractivity contribution in [3.05, 3.63) is 5.82 Å². The summed E-state index contributed by atoms with van der Waals surface area (Å²) in [6, 6.07) is -0.312. The Morgan fingerprint density at radius 1 is 1.31 bits per heavy atom. The fraction of sp³-hybridized carbons (Fsp3) is 0.562. The molecule has 1 aliphatic heterocycles. The van der Waals surface area contributed by atoms with Crippen molar-refractivity contribution in [2.75, 3.05) is 21.7 Å². The molecule has 0 spiro atoms. The molecule has 1 amide bonds. The third kappa shape index (κ3) is 4.24. The van der Waals surface area contributed by atoms with Crippen molar-refractivity contribution < 1.29 is 4.79 Å². The van der Waals surface area contributed by atoms with Crippen molar-refractivity contribution >= 4 is 51.5 Å². The summed E-state index contributed by atoms with van der Waals surface area (Å²) in [5, 5.41) is 18.3. The van der Waals surface area contributed by atoms with E-state index >= 15 is 0 Å². The second kappa shape index (κ2) is 8.17. The number of amides is 1. The van der Waals surface area contributed by atoms with Gasteiger partial charge in [-0.15, -0.1) is 10.2 Å². The van der Waals surface area contributed by atoms with Gasteiger partial charge in [0.1, 0.15) is 17.6 Å². The van der Waals surface area contributed by atoms with Crippen LogP contribution in [0.2, 0.25) is 0 Å². The fourth-order valence-electron chi connectivity index (χ4n) is 2.49. The molecule has 8 nitrogen and oxygen atoms in total. The molecule has 26 heavy (non-hydrogen) atoms. The van der Waals surface area contributed by atoms with Crippen LogP contribution in [0.3, 0.4) is 0 Å². The van der Waals surface area contributed by atoms with E-state index in [1.54, 1.807) is 11.8 Å². The largest absolute Gasteiger partial charge is 0.356 e. The maximum atomic E-state index is 12.4. The molecule has 2 aromatic heterocycles. The van der Waals surface area contributed by atoms with Crippen LogP contribution in [-0.4, -0.2) is 37.9 Å². The van der Waals surface area contributed by atoms with Gasteiger partial charge in [-0.05, 0) is 19.3 Å². The lowest BCUT2D eigenvalue weighted by Crippen LogP contribution is -2.43. The van der Waals surface area contributed by atoms with Gasteiger partial charge in [0, 0.05) is 5.75 Å². The van der Waals surface area contributed by atoms with Crippen LogP contribution < -0.4 is 16.0 Å². The molecule has 0 radical (unpaired) electrons. The third-order valence-corrected chi connectivity index (χ3v) is 5.92. The summed E-state index contributed by atoms with van der Waals surface area (Å²) in [6.45, 7) is 7.98. The van der Waals surface area contributed by atoms with Crippen LogP contribution in [0, 0.1) is 12.8 Å². The molecule has 3 N–H and O–H groups in total. The number of aromatic nitrogens is 4. The van der Waals surface area contributed by atoms with Gasteiger partial charge in [-0.3, -0.25) is 4.79 Å². The third-order valence-electron chi connectivity index (χ3n) is 3.87. The van der Waals surface area contributed by atoms with Gasteiger partial charge in [-0.2, -0.15) is 0 Å². The van der Waals surface area contributed by atoms with Crippen LogP contribution in [-0.2, 0) is 4.79 Å². The van der Waals surface area contributed by atoms with Crippen LogP contribution in [0.15, 0.2) is 4.34 Å². The number of unbranched alkanes of at least 4 members (excludes halogenated alkanes) is 1. The van der Waals surface area contributed by atoms with Crippen molar-refractivity contribution in [2.24, 2.45) is 5.92 Å². The number of anilines is 4. The first-order chi connectivity index (χ1) is 12.5. The molecule has 10 heteroatoms. The zero-order valence-electron chi connectivity index (χ0n) is 15.3. The standard InChI is InChI=1S/C16H23N7OS2/c1-5-6-7-25-16-23-22-15(26-16)21-13-11-12(17-9(4)18-13)19-10(8(2)3)14(24)20-11/h8,10H,5-7H2,1-4H3,(H,20,24)(H2,17,18,19,21,22). The average Bonchev–Trinajstić information content (AvgIpc) is 3.02. The molecule has 0 saturated heterocycles. The summed E-state index contributed by atoms with van der Waals surface area (Å²) in [5.74, 6) is 2.86. The molecule has 0 bridgehead atoms. The van der Waals surface area contributed by atoms with Gasteiger partial charge in [0.25, 0.3) is 0 Å². The molecule has 1 atom stereocenters. The first-order valence-corrected chi connectivity index (χ1v) is 10.5. The summed E-state index contributed by atoms with van der Waals surface area (Å²) in [6.07, 6.45) is 2.31. The van der Waals surface area contributed by atoms with E-state index in [1.807, 2.05) is 20.8 Å². The van der Waals surface area contributed by atoms with E-state index in [0.29, 0.717) is 28.3 Å². The highest BCUT2D eigenvalue weighted by Gasteiger charge is 2.31. The van der Waals surface area contributed by atoms with E-state index in [2.05, 4.69) is 43.0 Å². The minimum atomic E-state index is -0.312. The predicted molar refractivity (Wildman–Crippen MR) is 106 cm³/mol. The minimum absolute atomic E-state index is 0.0870. The molecule has 0 fully saturated rings. The summed E-state index contributed by atoms with van der Waals surface area (Å²) >= 11 is 3.18. The number of aryl methyl sites for hydroxylation is 1. The Labute approximate surface area is 161 Å². The van der Waals surface area contributed by atoms with Crippen LogP contribution in [0.4, 0.5) is 22.5 Å². The topological polar surface area (TPSA) is 105 Å². The van der Waals surface area contributed by atoms with Crippen LogP contribution in [0.25, 0.3) is 0 Å². The van der Waals surface area contributed by atoms with Crippen molar-refractivity contribution in [2.45, 2.75) is 50.9 Å². The number of thioether (sulfide) groups is 1. The monoisotopic (exact) mass is 393 g/mol. The molecule has 140 valence electrons. The van der Waals surface area contributed by atoms with Crippen molar-refractivity contribution in [3.63, 3.8) is 0 Å². The molecule has 3 rings (SSSR count). The van der Waals surface area contributed by atoms with Gasteiger partial charge in [0.05, 0.1) is 0 Å². The molecule has 2 aromatic rings. The maximum Gasteiger partial charge on any atom is 0.247 e. The molecular weight excluding hydrogens is 370 g/mol. The van der Waals surface area contributed by atoms with Gasteiger partial charge in [-0.25, -0.2) is 9.97 Å². The van der Waals surface area contributed by atoms with Gasteiger partial charge in [-0.1, -0.05) is 50.3 Å². The van der Waals surface area contributed by atoms with Crippen molar-refractivity contribution in [1.29, 1.82) is 0 Å². The van der Waals surface area contributed by atoms with E-state index in [4.69, 9.17) is 0 Å². The Hall–Kier alpha value is -1.94. The van der Waals surface area contributed by atoms with E-state index in [-0.39, 0.29) is 17.9 Å². The number of fused-ring (bicyclic) bond motifs is 1. The smallest absolute Gasteiger partial charge is 0.247 e. The van der Waals surface area contributed by atoms with E-state index < -0.39 is 0 Å². The number of carbonyl (C=O) groups excluding carboxylic acids is 1. The number of carbonyl (C=O) groups is 1. The number of hydrogen-bond acceptors (Lipinski definition) is 9. The molecule has 1 unspecified atom stereocenters. The maximum absolute atomic E-state index is 12.4. The van der Waals surface area contributed by atoms with Gasteiger partial charge in [0.15, 0.2) is 16.0 Å². The zero-order chi connectivity index (χ0) is 18.7. The highest BCUT2D eigenvalue weighted by Crippen LogP contribution is 2.35. The molecule has 1 aliphatic rings. The summed E-state index contributed by atoms with van der Waals surface area (Å²) < 4.78 is 0.919. The van der Waals surface area contributed by atoms with Crippen LogP contribution >= 0.6 is 23.1 Å². The Balaban J connectivity index is 1.80. The second-order valence-electron chi connectivity index (χ2n) is 6.40. The summed E-state index contributed by atoms with van der Waals surface area (Å²) in [7, 11) is 0. The Kier molecular flexibility index (Phi) is 5.92. The normalized spacial score (nSPS) is 16.2. The highest BCUT2D eigenvalue weighted by atomic mass is 32.2. The molecule has 0 aromatic carbocycles. The number of hydrogen-bond donors (Lipinski definition) is 3. The Bertz CT molecular complexity index is 793. The highest BCUT2D eigenvalue weighted by molar-refractivity contribution is 8.01.